The van der Waals surface area contributed by atoms with Crippen molar-refractivity contribution in [2.24, 2.45) is 5.73 Å². The van der Waals surface area contributed by atoms with E-state index in [1.165, 1.54) is 0 Å². The molecular weight excluding hydrogens is 157 g/mol. The predicted octanol–water partition coefficient (Wildman–Crippen LogP) is 1.02. The summed E-state index contributed by atoms with van der Waals surface area (Å²) in [6.07, 6.45) is -2.48. The van der Waals surface area contributed by atoms with Crippen molar-refractivity contribution in [2.45, 2.75) is 12.3 Å². The Morgan fingerprint density at radius 3 is 2.42 bits per heavy atom. The van der Waals surface area contributed by atoms with E-state index in [0.717, 1.165) is 0 Å². The van der Waals surface area contributed by atoms with Crippen LogP contribution in [0, 0.1) is 0 Å². The van der Waals surface area contributed by atoms with Crippen LogP contribution in [0.4, 0.5) is 4.39 Å². The van der Waals surface area contributed by atoms with Crippen molar-refractivity contribution in [3.8, 4) is 0 Å². The van der Waals surface area contributed by atoms with Crippen molar-refractivity contribution in [1.29, 1.82) is 0 Å². The lowest BCUT2D eigenvalue weighted by molar-refractivity contribution is 0.0824. The van der Waals surface area contributed by atoms with Crippen LogP contribution in [-0.2, 0) is 0 Å². The van der Waals surface area contributed by atoms with Crippen molar-refractivity contribution in [2.75, 3.05) is 6.54 Å². The summed E-state index contributed by atoms with van der Waals surface area (Å²) in [7, 11) is 0. The maximum atomic E-state index is 12.8. The van der Waals surface area contributed by atoms with E-state index in [1.54, 1.807) is 24.3 Å². The van der Waals surface area contributed by atoms with Gasteiger partial charge in [-0.2, -0.15) is 0 Å². The van der Waals surface area contributed by atoms with Crippen LogP contribution in [0.15, 0.2) is 30.3 Å². The fraction of sp³-hybridized carbons (Fsp3) is 0.333. The summed E-state index contributed by atoms with van der Waals surface area (Å²) in [6.45, 7) is -0.157. The second-order valence-electron chi connectivity index (χ2n) is 2.61. The monoisotopic (exact) mass is 169 g/mol. The summed E-state index contributed by atoms with van der Waals surface area (Å²) in [5, 5.41) is 9.33. The van der Waals surface area contributed by atoms with Crippen LogP contribution in [0.25, 0.3) is 0 Å². The zero-order chi connectivity index (χ0) is 8.97. The molecule has 0 saturated carbocycles. The maximum absolute atomic E-state index is 12.8. The van der Waals surface area contributed by atoms with E-state index in [9.17, 15) is 9.50 Å². The first-order valence-electron chi connectivity index (χ1n) is 3.83. The van der Waals surface area contributed by atoms with Gasteiger partial charge in [0.05, 0.1) is 0 Å². The van der Waals surface area contributed by atoms with Gasteiger partial charge in [-0.3, -0.25) is 0 Å². The predicted molar refractivity (Wildman–Crippen MR) is 45.4 cm³/mol. The highest BCUT2D eigenvalue weighted by atomic mass is 19.1. The molecule has 3 heteroatoms. The first kappa shape index (κ1) is 9.16. The highest BCUT2D eigenvalue weighted by Crippen LogP contribution is 2.17. The van der Waals surface area contributed by atoms with Gasteiger partial charge in [0, 0.05) is 6.54 Å². The van der Waals surface area contributed by atoms with Crippen LogP contribution in [0.2, 0.25) is 0 Å². The van der Waals surface area contributed by atoms with Crippen molar-refractivity contribution in [3.05, 3.63) is 35.9 Å². The number of hydrogen-bond acceptors (Lipinski definition) is 2. The topological polar surface area (TPSA) is 46.2 Å². The van der Waals surface area contributed by atoms with Gasteiger partial charge >= 0.3 is 0 Å². The molecule has 1 aromatic carbocycles. The van der Waals surface area contributed by atoms with Gasteiger partial charge in [-0.25, -0.2) is 4.39 Å². The number of halogens is 1. The normalized spacial score (nSPS) is 15.6. The summed E-state index contributed by atoms with van der Waals surface area (Å²) >= 11 is 0. The minimum absolute atomic E-state index is 0.157. The van der Waals surface area contributed by atoms with Gasteiger partial charge < -0.3 is 10.8 Å². The summed E-state index contributed by atoms with van der Waals surface area (Å²) in [5.41, 5.74) is 5.64. The third-order valence-electron chi connectivity index (χ3n) is 1.71. The second-order valence-corrected chi connectivity index (χ2v) is 2.61. The third-order valence-corrected chi connectivity index (χ3v) is 1.71. The number of nitrogens with two attached hydrogens (primary N) is 1. The van der Waals surface area contributed by atoms with E-state index < -0.39 is 12.3 Å². The zero-order valence-electron chi connectivity index (χ0n) is 6.65. The van der Waals surface area contributed by atoms with E-state index in [4.69, 9.17) is 5.73 Å². The van der Waals surface area contributed by atoms with Crippen LogP contribution >= 0.6 is 0 Å². The molecule has 0 radical (unpaired) electrons. The van der Waals surface area contributed by atoms with Gasteiger partial charge in [-0.05, 0) is 5.56 Å². The quantitative estimate of drug-likeness (QED) is 0.709. The Labute approximate surface area is 70.8 Å². The molecule has 2 nitrogen and oxygen atoms in total. The van der Waals surface area contributed by atoms with E-state index >= 15 is 0 Å². The molecule has 3 N–H and O–H groups in total. The molecule has 0 fully saturated rings. The largest absolute Gasteiger partial charge is 0.385 e. The molecule has 0 bridgehead atoms. The van der Waals surface area contributed by atoms with Crippen molar-refractivity contribution in [3.63, 3.8) is 0 Å². The summed E-state index contributed by atoms with van der Waals surface area (Å²) in [4.78, 5) is 0. The van der Waals surface area contributed by atoms with Gasteiger partial charge in [-0.15, -0.1) is 0 Å². The van der Waals surface area contributed by atoms with E-state index in [2.05, 4.69) is 0 Å². The Kier molecular flexibility index (Phi) is 3.19. The fourth-order valence-corrected chi connectivity index (χ4v) is 0.988. The van der Waals surface area contributed by atoms with Gasteiger partial charge in [0.25, 0.3) is 0 Å². The smallest absolute Gasteiger partial charge is 0.142 e. The van der Waals surface area contributed by atoms with Crippen LogP contribution in [0.3, 0.4) is 0 Å². The molecule has 0 saturated heterocycles. The minimum atomic E-state index is -1.38. The lowest BCUT2D eigenvalue weighted by Crippen LogP contribution is -2.22. The molecule has 0 heterocycles. The number of aliphatic hydroxyl groups excluding tert-OH is 1. The van der Waals surface area contributed by atoms with E-state index in [-0.39, 0.29) is 6.54 Å². The Morgan fingerprint density at radius 1 is 1.33 bits per heavy atom. The molecule has 0 aliphatic carbocycles. The minimum Gasteiger partial charge on any atom is -0.385 e. The summed E-state index contributed by atoms with van der Waals surface area (Å²) in [5.74, 6) is 0. The molecule has 0 unspecified atom stereocenters. The van der Waals surface area contributed by atoms with Crippen molar-refractivity contribution in [1.82, 2.24) is 0 Å². The Morgan fingerprint density at radius 2 is 1.92 bits per heavy atom. The summed E-state index contributed by atoms with van der Waals surface area (Å²) < 4.78 is 12.8. The van der Waals surface area contributed by atoms with Crippen molar-refractivity contribution < 1.29 is 9.50 Å². The van der Waals surface area contributed by atoms with Crippen LogP contribution in [-0.4, -0.2) is 17.8 Å². The molecular formula is C9H12FNO. The third kappa shape index (κ3) is 2.03. The first-order valence-corrected chi connectivity index (χ1v) is 3.83. The zero-order valence-corrected chi connectivity index (χ0v) is 6.65. The number of hydrogen-bond donors (Lipinski definition) is 2. The highest BCUT2D eigenvalue weighted by Gasteiger charge is 2.17. The van der Waals surface area contributed by atoms with Gasteiger partial charge in [0.1, 0.15) is 12.3 Å². The Hall–Kier alpha value is -0.930. The molecule has 0 aliphatic rings. The molecule has 0 spiro atoms. The lowest BCUT2D eigenvalue weighted by Gasteiger charge is -2.13. The Balaban J connectivity index is 2.71. The standard InChI is InChI=1S/C9H12FNO/c10-8(6-11)9(12)7-4-2-1-3-5-7/h1-5,8-9,12H,6,11H2/t8-,9+/m1/s1. The second kappa shape index (κ2) is 4.18. The molecule has 0 aromatic heterocycles. The average Bonchev–Trinajstić information content (AvgIpc) is 2.17. The molecule has 2 atom stereocenters. The number of alkyl halides is 1. The SMILES string of the molecule is NC[C@@H](F)[C@@H](O)c1ccccc1. The Bertz CT molecular complexity index is 227. The molecule has 66 valence electrons. The van der Waals surface area contributed by atoms with Gasteiger partial charge in [0.15, 0.2) is 0 Å². The molecule has 1 aromatic rings. The summed E-state index contributed by atoms with van der Waals surface area (Å²) in [6, 6.07) is 8.66. The van der Waals surface area contributed by atoms with E-state index in [1.807, 2.05) is 6.07 Å². The number of rotatable bonds is 3. The van der Waals surface area contributed by atoms with Crippen LogP contribution < -0.4 is 5.73 Å². The average molecular weight is 169 g/mol. The van der Waals surface area contributed by atoms with E-state index in [0.29, 0.717) is 5.56 Å². The molecule has 12 heavy (non-hydrogen) atoms. The van der Waals surface area contributed by atoms with Crippen LogP contribution in [0.5, 0.6) is 0 Å². The highest BCUT2D eigenvalue weighted by molar-refractivity contribution is 5.18. The lowest BCUT2D eigenvalue weighted by atomic mass is 10.1. The van der Waals surface area contributed by atoms with Crippen molar-refractivity contribution >= 4 is 0 Å². The molecule has 1 rings (SSSR count). The first-order chi connectivity index (χ1) is 5.75. The molecule has 0 aliphatic heterocycles. The fourth-order valence-electron chi connectivity index (χ4n) is 0.988. The van der Waals surface area contributed by atoms with Crippen LogP contribution in [0.1, 0.15) is 11.7 Å². The van der Waals surface area contributed by atoms with Gasteiger partial charge in [0.2, 0.25) is 0 Å². The van der Waals surface area contributed by atoms with Gasteiger partial charge in [-0.1, -0.05) is 30.3 Å². The molecule has 0 amide bonds. The maximum Gasteiger partial charge on any atom is 0.142 e. The number of aliphatic hydroxyl groups is 1. The number of benzene rings is 1.